The lowest BCUT2D eigenvalue weighted by molar-refractivity contribution is 0.101. The van der Waals surface area contributed by atoms with Crippen molar-refractivity contribution in [3.63, 3.8) is 0 Å². The van der Waals surface area contributed by atoms with Gasteiger partial charge < -0.3 is 16.4 Å². The molecule has 6 nitrogen and oxygen atoms in total. The molecule has 3 aromatic rings. The van der Waals surface area contributed by atoms with Crippen LogP contribution >= 0.6 is 11.3 Å². The normalized spacial score (nSPS) is 11.1. The summed E-state index contributed by atoms with van der Waals surface area (Å²) < 4.78 is 0. The summed E-state index contributed by atoms with van der Waals surface area (Å²) in [5, 5.41) is 5.97. The van der Waals surface area contributed by atoms with Gasteiger partial charge in [-0.2, -0.15) is 0 Å². The zero-order valence-electron chi connectivity index (χ0n) is 15.9. The van der Waals surface area contributed by atoms with Crippen LogP contribution in [0.3, 0.4) is 0 Å². The average Bonchev–Trinajstić information content (AvgIpc) is 3.09. The van der Waals surface area contributed by atoms with E-state index in [4.69, 9.17) is 5.73 Å². The minimum absolute atomic E-state index is 0.0198. The van der Waals surface area contributed by atoms with Crippen LogP contribution in [0.1, 0.15) is 46.4 Å². The van der Waals surface area contributed by atoms with Crippen LogP contribution in [0.5, 0.6) is 0 Å². The van der Waals surface area contributed by atoms with E-state index in [1.54, 1.807) is 36.4 Å². The number of rotatable bonds is 4. The smallest absolute Gasteiger partial charge is 0.267 e. The van der Waals surface area contributed by atoms with Crippen molar-refractivity contribution in [1.29, 1.82) is 0 Å². The zero-order valence-corrected chi connectivity index (χ0v) is 16.8. The highest BCUT2D eigenvalue weighted by Crippen LogP contribution is 2.25. The maximum atomic E-state index is 12.6. The predicted octanol–water partition coefficient (Wildman–Crippen LogP) is 4.53. The molecule has 0 aliphatic carbocycles. The van der Waals surface area contributed by atoms with Crippen molar-refractivity contribution in [3.05, 3.63) is 70.7 Å². The van der Waals surface area contributed by atoms with E-state index in [2.05, 4.69) is 36.4 Å². The first-order valence-electron chi connectivity index (χ1n) is 8.77. The Morgan fingerprint density at radius 3 is 2.00 bits per heavy atom. The Balaban J connectivity index is 1.75. The van der Waals surface area contributed by atoms with Crippen LogP contribution in [0.2, 0.25) is 0 Å². The Morgan fingerprint density at radius 1 is 0.929 bits per heavy atom. The zero-order chi connectivity index (χ0) is 20.3. The maximum absolute atomic E-state index is 12.6. The summed E-state index contributed by atoms with van der Waals surface area (Å²) in [4.78, 5) is 29.3. The SMILES string of the molecule is CC(C)(C)c1ccc(C(=O)Nc2ccccc2NC(=O)c2cnc(N)s2)cc1. The Kier molecular flexibility index (Phi) is 5.46. The summed E-state index contributed by atoms with van der Waals surface area (Å²) in [6.45, 7) is 6.37. The van der Waals surface area contributed by atoms with Gasteiger partial charge in [0.2, 0.25) is 0 Å². The van der Waals surface area contributed by atoms with Gasteiger partial charge in [0.1, 0.15) is 4.88 Å². The summed E-state index contributed by atoms with van der Waals surface area (Å²) >= 11 is 1.10. The number of aromatic nitrogens is 1. The van der Waals surface area contributed by atoms with Crippen LogP contribution in [0.15, 0.2) is 54.7 Å². The van der Waals surface area contributed by atoms with Gasteiger partial charge in [-0.3, -0.25) is 9.59 Å². The molecule has 0 saturated carbocycles. The van der Waals surface area contributed by atoms with E-state index in [0.29, 0.717) is 26.9 Å². The van der Waals surface area contributed by atoms with E-state index in [1.165, 1.54) is 6.20 Å². The molecule has 0 spiro atoms. The van der Waals surface area contributed by atoms with Gasteiger partial charge in [-0.1, -0.05) is 56.4 Å². The van der Waals surface area contributed by atoms with Crippen molar-refractivity contribution in [2.45, 2.75) is 26.2 Å². The fraction of sp³-hybridized carbons (Fsp3) is 0.190. The summed E-state index contributed by atoms with van der Waals surface area (Å²) in [5.41, 5.74) is 8.31. The number of amides is 2. The number of thiazole rings is 1. The monoisotopic (exact) mass is 394 g/mol. The molecule has 0 fully saturated rings. The summed E-state index contributed by atoms with van der Waals surface area (Å²) in [5.74, 6) is -0.574. The second-order valence-electron chi connectivity index (χ2n) is 7.34. The number of hydrogen-bond acceptors (Lipinski definition) is 5. The van der Waals surface area contributed by atoms with Gasteiger partial charge >= 0.3 is 0 Å². The van der Waals surface area contributed by atoms with E-state index in [1.807, 2.05) is 12.1 Å². The summed E-state index contributed by atoms with van der Waals surface area (Å²) in [6, 6.07) is 14.5. The van der Waals surface area contributed by atoms with Crippen molar-refractivity contribution in [3.8, 4) is 0 Å². The Labute approximate surface area is 167 Å². The molecular formula is C21H22N4O2S. The second kappa shape index (κ2) is 7.82. The first-order chi connectivity index (χ1) is 13.2. The van der Waals surface area contributed by atoms with E-state index in [0.717, 1.165) is 16.9 Å². The molecule has 0 aliphatic rings. The Hall–Kier alpha value is -3.19. The Bertz CT molecular complexity index is 1000. The van der Waals surface area contributed by atoms with Gasteiger partial charge in [-0.15, -0.1) is 0 Å². The number of hydrogen-bond donors (Lipinski definition) is 3. The molecule has 1 heterocycles. The van der Waals surface area contributed by atoms with Crippen molar-refractivity contribution in [2.75, 3.05) is 16.4 Å². The number of nitrogens with zero attached hydrogens (tertiary/aromatic N) is 1. The molecule has 0 radical (unpaired) electrons. The highest BCUT2D eigenvalue weighted by molar-refractivity contribution is 7.17. The fourth-order valence-corrected chi connectivity index (χ4v) is 3.17. The van der Waals surface area contributed by atoms with Gasteiger partial charge in [0, 0.05) is 5.56 Å². The molecule has 3 rings (SSSR count). The number of benzene rings is 2. The molecule has 0 unspecified atom stereocenters. The number of para-hydroxylation sites is 2. The third-order valence-electron chi connectivity index (χ3n) is 4.18. The average molecular weight is 395 g/mol. The molecule has 4 N–H and O–H groups in total. The lowest BCUT2D eigenvalue weighted by Gasteiger charge is -2.19. The molecule has 2 amide bonds. The quantitative estimate of drug-likeness (QED) is 0.606. The van der Waals surface area contributed by atoms with E-state index in [-0.39, 0.29) is 17.2 Å². The van der Waals surface area contributed by atoms with Crippen LogP contribution in [0, 0.1) is 0 Å². The lowest BCUT2D eigenvalue weighted by Crippen LogP contribution is -2.17. The van der Waals surface area contributed by atoms with Crippen molar-refractivity contribution in [1.82, 2.24) is 4.98 Å². The number of anilines is 3. The fourth-order valence-electron chi connectivity index (χ4n) is 2.59. The molecule has 144 valence electrons. The minimum Gasteiger partial charge on any atom is -0.375 e. The van der Waals surface area contributed by atoms with E-state index >= 15 is 0 Å². The van der Waals surface area contributed by atoms with Gasteiger partial charge in [-0.25, -0.2) is 4.98 Å². The molecule has 0 atom stereocenters. The number of carbonyl (C=O) groups is 2. The standard InChI is InChI=1S/C21H22N4O2S/c1-21(2,3)14-10-8-13(9-11-14)18(26)24-15-6-4-5-7-16(15)25-19(27)17-12-23-20(22)28-17/h4-12H,1-3H3,(H2,22,23)(H,24,26)(H,25,27). The molecular weight excluding hydrogens is 372 g/mol. The Morgan fingerprint density at radius 2 is 1.50 bits per heavy atom. The van der Waals surface area contributed by atoms with Crippen LogP contribution in [0.4, 0.5) is 16.5 Å². The number of nitrogen functional groups attached to an aromatic ring is 1. The highest BCUT2D eigenvalue weighted by atomic mass is 32.1. The van der Waals surface area contributed by atoms with Gasteiger partial charge in [-0.05, 0) is 35.2 Å². The maximum Gasteiger partial charge on any atom is 0.267 e. The third-order valence-corrected chi connectivity index (χ3v) is 5.01. The van der Waals surface area contributed by atoms with Crippen LogP contribution < -0.4 is 16.4 Å². The topological polar surface area (TPSA) is 97.1 Å². The molecule has 0 aliphatic heterocycles. The van der Waals surface area contributed by atoms with Crippen molar-refractivity contribution < 1.29 is 9.59 Å². The molecule has 28 heavy (non-hydrogen) atoms. The van der Waals surface area contributed by atoms with E-state index < -0.39 is 0 Å². The number of nitrogens with one attached hydrogen (secondary N) is 2. The van der Waals surface area contributed by atoms with Gasteiger partial charge in [0.15, 0.2) is 5.13 Å². The van der Waals surface area contributed by atoms with Gasteiger partial charge in [0.25, 0.3) is 11.8 Å². The number of nitrogens with two attached hydrogens (primary N) is 1. The molecule has 2 aromatic carbocycles. The molecule has 1 aromatic heterocycles. The minimum atomic E-state index is -0.328. The second-order valence-corrected chi connectivity index (χ2v) is 8.41. The summed E-state index contributed by atoms with van der Waals surface area (Å²) in [6.07, 6.45) is 1.42. The first-order valence-corrected chi connectivity index (χ1v) is 9.59. The van der Waals surface area contributed by atoms with Crippen LogP contribution in [-0.4, -0.2) is 16.8 Å². The van der Waals surface area contributed by atoms with Crippen molar-refractivity contribution in [2.24, 2.45) is 0 Å². The van der Waals surface area contributed by atoms with Crippen molar-refractivity contribution >= 4 is 39.7 Å². The van der Waals surface area contributed by atoms with E-state index in [9.17, 15) is 9.59 Å². The lowest BCUT2D eigenvalue weighted by atomic mass is 9.87. The van der Waals surface area contributed by atoms with Gasteiger partial charge in [0.05, 0.1) is 17.6 Å². The predicted molar refractivity (Wildman–Crippen MR) is 114 cm³/mol. The number of carbonyl (C=O) groups excluding carboxylic acids is 2. The summed E-state index contributed by atoms with van der Waals surface area (Å²) in [7, 11) is 0. The van der Waals surface area contributed by atoms with Crippen LogP contribution in [-0.2, 0) is 5.41 Å². The molecule has 0 bridgehead atoms. The largest absolute Gasteiger partial charge is 0.375 e. The molecule has 7 heteroatoms. The molecule has 0 saturated heterocycles. The highest BCUT2D eigenvalue weighted by Gasteiger charge is 2.16. The third kappa shape index (κ3) is 4.55. The van der Waals surface area contributed by atoms with Crippen LogP contribution in [0.25, 0.3) is 0 Å². The first kappa shape index (κ1) is 19.6.